The van der Waals surface area contributed by atoms with Crippen molar-refractivity contribution < 1.29 is 8.42 Å². The van der Waals surface area contributed by atoms with Gasteiger partial charge in [-0.3, -0.25) is 0 Å². The maximum Gasteiger partial charge on any atom is 0.243 e. The lowest BCUT2D eigenvalue weighted by Gasteiger charge is -2.35. The summed E-state index contributed by atoms with van der Waals surface area (Å²) in [5, 5.41) is 0. The lowest BCUT2D eigenvalue weighted by atomic mass is 9.88. The van der Waals surface area contributed by atoms with E-state index in [0.717, 1.165) is 17.5 Å². The van der Waals surface area contributed by atoms with Gasteiger partial charge >= 0.3 is 0 Å². The molecule has 0 saturated carbocycles. The third kappa shape index (κ3) is 3.05. The van der Waals surface area contributed by atoms with Crippen LogP contribution < -0.4 is 5.73 Å². The van der Waals surface area contributed by atoms with Crippen LogP contribution in [0.25, 0.3) is 0 Å². The standard InChI is InChI=1S/C15H24N2O2S/c1-11-6-12(2)8-15(7-11)20(18,19)17-5-4-13(3)14(9-16)10-17/h6-8,13-14H,4-5,9-10,16H2,1-3H3. The molecule has 2 atom stereocenters. The van der Waals surface area contributed by atoms with Crippen LogP contribution >= 0.6 is 0 Å². The second kappa shape index (κ2) is 5.84. The fourth-order valence-electron chi connectivity index (χ4n) is 2.87. The number of hydrogen-bond donors (Lipinski definition) is 1. The van der Waals surface area contributed by atoms with Crippen LogP contribution in [0.4, 0.5) is 0 Å². The molecular weight excluding hydrogens is 272 g/mol. The van der Waals surface area contributed by atoms with Gasteiger partial charge in [0.05, 0.1) is 4.90 Å². The van der Waals surface area contributed by atoms with E-state index in [0.29, 0.717) is 30.4 Å². The molecule has 4 nitrogen and oxygen atoms in total. The molecule has 0 radical (unpaired) electrons. The number of sulfonamides is 1. The smallest absolute Gasteiger partial charge is 0.243 e. The Morgan fingerprint density at radius 1 is 1.25 bits per heavy atom. The highest BCUT2D eigenvalue weighted by molar-refractivity contribution is 7.89. The van der Waals surface area contributed by atoms with Crippen LogP contribution in [0.15, 0.2) is 23.1 Å². The van der Waals surface area contributed by atoms with E-state index in [1.54, 1.807) is 16.4 Å². The van der Waals surface area contributed by atoms with Crippen molar-refractivity contribution in [2.24, 2.45) is 17.6 Å². The van der Waals surface area contributed by atoms with E-state index in [-0.39, 0.29) is 5.92 Å². The SMILES string of the molecule is Cc1cc(C)cc(S(=O)(=O)N2CCC(C)C(CN)C2)c1. The molecule has 1 aliphatic heterocycles. The maximum atomic E-state index is 12.7. The Bertz CT molecular complexity index is 563. The zero-order valence-corrected chi connectivity index (χ0v) is 13.3. The largest absolute Gasteiger partial charge is 0.330 e. The van der Waals surface area contributed by atoms with Gasteiger partial charge in [-0.2, -0.15) is 4.31 Å². The van der Waals surface area contributed by atoms with E-state index in [1.807, 2.05) is 19.9 Å². The zero-order chi connectivity index (χ0) is 14.9. The predicted octanol–water partition coefficient (Wildman–Crippen LogP) is 1.91. The zero-order valence-electron chi connectivity index (χ0n) is 12.5. The molecule has 0 spiro atoms. The molecule has 0 bridgehead atoms. The number of nitrogens with zero attached hydrogens (tertiary/aromatic N) is 1. The molecule has 0 aliphatic carbocycles. The number of hydrogen-bond acceptors (Lipinski definition) is 3. The Morgan fingerprint density at radius 3 is 2.40 bits per heavy atom. The van der Waals surface area contributed by atoms with Crippen molar-refractivity contribution in [1.29, 1.82) is 0 Å². The highest BCUT2D eigenvalue weighted by Crippen LogP contribution is 2.27. The van der Waals surface area contributed by atoms with Crippen LogP contribution in [-0.4, -0.2) is 32.4 Å². The minimum atomic E-state index is -3.40. The topological polar surface area (TPSA) is 63.4 Å². The van der Waals surface area contributed by atoms with Gasteiger partial charge in [-0.15, -0.1) is 0 Å². The summed E-state index contributed by atoms with van der Waals surface area (Å²) >= 11 is 0. The van der Waals surface area contributed by atoms with E-state index in [4.69, 9.17) is 5.73 Å². The van der Waals surface area contributed by atoms with Crippen LogP contribution in [0.5, 0.6) is 0 Å². The van der Waals surface area contributed by atoms with Gasteiger partial charge in [-0.05, 0) is 61.9 Å². The van der Waals surface area contributed by atoms with E-state index in [9.17, 15) is 8.42 Å². The Labute approximate surface area is 122 Å². The Morgan fingerprint density at radius 2 is 1.85 bits per heavy atom. The Balaban J connectivity index is 2.30. The molecule has 0 amide bonds. The molecule has 2 N–H and O–H groups in total. The van der Waals surface area contributed by atoms with Gasteiger partial charge in [0.1, 0.15) is 0 Å². The monoisotopic (exact) mass is 296 g/mol. The molecule has 2 rings (SSSR count). The fourth-order valence-corrected chi connectivity index (χ4v) is 4.57. The quantitative estimate of drug-likeness (QED) is 0.926. The first-order chi connectivity index (χ1) is 9.34. The van der Waals surface area contributed by atoms with Gasteiger partial charge in [-0.1, -0.05) is 13.0 Å². The molecule has 1 fully saturated rings. The summed E-state index contributed by atoms with van der Waals surface area (Å²) in [4.78, 5) is 0.403. The van der Waals surface area contributed by atoms with Gasteiger partial charge in [0.25, 0.3) is 0 Å². The summed E-state index contributed by atoms with van der Waals surface area (Å²) < 4.78 is 27.1. The molecule has 1 aliphatic rings. The van der Waals surface area contributed by atoms with Crippen molar-refractivity contribution in [1.82, 2.24) is 4.31 Å². The first-order valence-electron chi connectivity index (χ1n) is 7.13. The molecule has 1 saturated heterocycles. The minimum Gasteiger partial charge on any atom is -0.330 e. The summed E-state index contributed by atoms with van der Waals surface area (Å²) in [5.41, 5.74) is 7.72. The molecular formula is C15H24N2O2S. The van der Waals surface area contributed by atoms with E-state index in [2.05, 4.69) is 6.92 Å². The fraction of sp³-hybridized carbons (Fsp3) is 0.600. The normalized spacial score (nSPS) is 24.8. The van der Waals surface area contributed by atoms with Crippen molar-refractivity contribution in [2.75, 3.05) is 19.6 Å². The molecule has 1 aromatic rings. The van der Waals surface area contributed by atoms with Gasteiger partial charge < -0.3 is 5.73 Å². The van der Waals surface area contributed by atoms with Gasteiger partial charge in [-0.25, -0.2) is 8.42 Å². The van der Waals surface area contributed by atoms with E-state index in [1.165, 1.54) is 0 Å². The average molecular weight is 296 g/mol. The lowest BCUT2D eigenvalue weighted by molar-refractivity contribution is 0.203. The van der Waals surface area contributed by atoms with E-state index >= 15 is 0 Å². The van der Waals surface area contributed by atoms with E-state index < -0.39 is 10.0 Å². The summed E-state index contributed by atoms with van der Waals surface area (Å²) in [6.45, 7) is 7.66. The van der Waals surface area contributed by atoms with Gasteiger partial charge in [0, 0.05) is 13.1 Å². The number of piperidine rings is 1. The summed E-state index contributed by atoms with van der Waals surface area (Å²) in [6.07, 6.45) is 0.881. The van der Waals surface area contributed by atoms with Crippen molar-refractivity contribution in [3.05, 3.63) is 29.3 Å². The van der Waals surface area contributed by atoms with Gasteiger partial charge in [0.2, 0.25) is 10.0 Å². The van der Waals surface area contributed by atoms with Crippen LogP contribution in [0.3, 0.4) is 0 Å². The molecule has 2 unspecified atom stereocenters. The van der Waals surface area contributed by atoms with Crippen LogP contribution in [0.2, 0.25) is 0 Å². The highest BCUT2D eigenvalue weighted by atomic mass is 32.2. The van der Waals surface area contributed by atoms with Crippen molar-refractivity contribution in [2.45, 2.75) is 32.1 Å². The predicted molar refractivity (Wildman–Crippen MR) is 81.0 cm³/mol. The number of aryl methyl sites for hydroxylation is 2. The van der Waals surface area contributed by atoms with Crippen molar-refractivity contribution >= 4 is 10.0 Å². The lowest BCUT2D eigenvalue weighted by Crippen LogP contribution is -2.45. The van der Waals surface area contributed by atoms with Crippen molar-refractivity contribution in [3.63, 3.8) is 0 Å². The maximum absolute atomic E-state index is 12.7. The molecule has 1 aromatic carbocycles. The molecule has 20 heavy (non-hydrogen) atoms. The van der Waals surface area contributed by atoms with Crippen LogP contribution in [-0.2, 0) is 10.0 Å². The second-order valence-corrected chi connectivity index (χ2v) is 7.89. The van der Waals surface area contributed by atoms with Crippen LogP contribution in [0.1, 0.15) is 24.5 Å². The second-order valence-electron chi connectivity index (χ2n) is 5.95. The first-order valence-corrected chi connectivity index (χ1v) is 8.57. The molecule has 112 valence electrons. The first kappa shape index (κ1) is 15.5. The number of rotatable bonds is 3. The van der Waals surface area contributed by atoms with Gasteiger partial charge in [0.15, 0.2) is 0 Å². The molecule has 5 heteroatoms. The molecule has 1 heterocycles. The Kier molecular flexibility index (Phi) is 4.52. The minimum absolute atomic E-state index is 0.254. The third-order valence-electron chi connectivity index (χ3n) is 4.21. The summed E-state index contributed by atoms with van der Waals surface area (Å²) in [5.74, 6) is 0.745. The van der Waals surface area contributed by atoms with Crippen LogP contribution in [0, 0.1) is 25.7 Å². The summed E-state index contributed by atoms with van der Waals surface area (Å²) in [6, 6.07) is 5.48. The highest BCUT2D eigenvalue weighted by Gasteiger charge is 2.33. The average Bonchev–Trinajstić information content (AvgIpc) is 2.37. The third-order valence-corrected chi connectivity index (χ3v) is 6.06. The molecule has 0 aromatic heterocycles. The number of nitrogens with two attached hydrogens (primary N) is 1. The Hall–Kier alpha value is -0.910. The summed E-state index contributed by atoms with van der Waals surface area (Å²) in [7, 11) is -3.40. The number of benzene rings is 1. The van der Waals surface area contributed by atoms with Crippen molar-refractivity contribution in [3.8, 4) is 0 Å².